The van der Waals surface area contributed by atoms with E-state index in [-0.39, 0.29) is 12.7 Å². The highest BCUT2D eigenvalue weighted by atomic mass is 16.5. The Balaban J connectivity index is 1.56. The third kappa shape index (κ3) is 4.97. The van der Waals surface area contributed by atoms with Crippen LogP contribution in [0.1, 0.15) is 16.7 Å². The van der Waals surface area contributed by atoms with Gasteiger partial charge in [-0.2, -0.15) is 0 Å². The van der Waals surface area contributed by atoms with Crippen LogP contribution in [0.4, 0.5) is 0 Å². The molecule has 0 radical (unpaired) electrons. The first-order valence-corrected chi connectivity index (χ1v) is 9.01. The Morgan fingerprint density at radius 1 is 1.00 bits per heavy atom. The Morgan fingerprint density at radius 3 is 2.35 bits per heavy atom. The summed E-state index contributed by atoms with van der Waals surface area (Å²) in [7, 11) is 0. The van der Waals surface area contributed by atoms with Gasteiger partial charge in [0.05, 0.1) is 6.61 Å². The summed E-state index contributed by atoms with van der Waals surface area (Å²) in [5.74, 6) is 1.57. The molecule has 2 aromatic carbocycles. The van der Waals surface area contributed by atoms with Crippen LogP contribution in [0, 0.1) is 13.8 Å². The SMILES string of the molecule is Cc1cc(C)cc(O[C@H]2CN(Cc3ccc(OCCO)cc3)C[C@@H]2O)c1. The molecule has 5 nitrogen and oxygen atoms in total. The van der Waals surface area contributed by atoms with Crippen LogP contribution >= 0.6 is 0 Å². The summed E-state index contributed by atoms with van der Waals surface area (Å²) in [5.41, 5.74) is 3.47. The van der Waals surface area contributed by atoms with E-state index in [9.17, 15) is 5.11 Å². The molecule has 1 heterocycles. The van der Waals surface area contributed by atoms with E-state index in [1.165, 1.54) is 0 Å². The van der Waals surface area contributed by atoms with Gasteiger partial charge >= 0.3 is 0 Å². The molecule has 0 aromatic heterocycles. The lowest BCUT2D eigenvalue weighted by Crippen LogP contribution is -2.30. The number of hydrogen-bond acceptors (Lipinski definition) is 5. The minimum atomic E-state index is -0.497. The van der Waals surface area contributed by atoms with E-state index in [4.69, 9.17) is 14.6 Å². The molecule has 0 saturated carbocycles. The number of rotatable bonds is 7. The van der Waals surface area contributed by atoms with Crippen molar-refractivity contribution >= 4 is 0 Å². The molecule has 5 heteroatoms. The van der Waals surface area contributed by atoms with Crippen LogP contribution in [-0.4, -0.2) is 53.6 Å². The van der Waals surface area contributed by atoms with Gasteiger partial charge in [0.2, 0.25) is 0 Å². The smallest absolute Gasteiger partial charge is 0.138 e. The third-order valence-corrected chi connectivity index (χ3v) is 4.48. The molecule has 2 atom stereocenters. The number of β-amino-alcohol motifs (C(OH)–C–C–N with tert-alkyl or cyclic N) is 1. The van der Waals surface area contributed by atoms with Gasteiger partial charge in [-0.25, -0.2) is 0 Å². The summed E-state index contributed by atoms with van der Waals surface area (Å²) < 4.78 is 11.4. The normalized spacial score (nSPS) is 20.3. The van der Waals surface area contributed by atoms with Crippen molar-refractivity contribution in [1.82, 2.24) is 4.90 Å². The van der Waals surface area contributed by atoms with E-state index >= 15 is 0 Å². The second-order valence-electron chi connectivity index (χ2n) is 6.96. The second kappa shape index (κ2) is 8.54. The molecule has 1 aliphatic heterocycles. The van der Waals surface area contributed by atoms with Gasteiger partial charge in [0.1, 0.15) is 30.3 Å². The monoisotopic (exact) mass is 357 g/mol. The van der Waals surface area contributed by atoms with Crippen molar-refractivity contribution in [2.24, 2.45) is 0 Å². The molecular formula is C21H27NO4. The zero-order valence-corrected chi connectivity index (χ0v) is 15.4. The maximum Gasteiger partial charge on any atom is 0.138 e. The average Bonchev–Trinajstić information content (AvgIpc) is 2.92. The standard InChI is InChI=1S/C21H27NO4/c1-15-9-16(2)11-19(10-15)26-21-14-22(13-20(21)24)12-17-3-5-18(6-4-17)25-8-7-23/h3-6,9-11,20-21,23-24H,7-8,12-14H2,1-2H3/t20-,21-/m0/s1. The highest BCUT2D eigenvalue weighted by Gasteiger charge is 2.33. The summed E-state index contributed by atoms with van der Waals surface area (Å²) in [4.78, 5) is 2.20. The lowest BCUT2D eigenvalue weighted by atomic mass is 10.1. The van der Waals surface area contributed by atoms with Crippen molar-refractivity contribution in [3.8, 4) is 11.5 Å². The molecule has 0 spiro atoms. The number of aryl methyl sites for hydroxylation is 2. The lowest BCUT2D eigenvalue weighted by Gasteiger charge is -2.18. The number of likely N-dealkylation sites (tertiary alicyclic amines) is 1. The van der Waals surface area contributed by atoms with Crippen LogP contribution < -0.4 is 9.47 Å². The van der Waals surface area contributed by atoms with Crippen LogP contribution in [0.2, 0.25) is 0 Å². The van der Waals surface area contributed by atoms with Crippen molar-refractivity contribution in [2.45, 2.75) is 32.6 Å². The third-order valence-electron chi connectivity index (χ3n) is 4.48. The minimum absolute atomic E-state index is 0.00920. The zero-order chi connectivity index (χ0) is 18.5. The van der Waals surface area contributed by atoms with Crippen molar-refractivity contribution in [2.75, 3.05) is 26.3 Å². The van der Waals surface area contributed by atoms with Crippen LogP contribution in [-0.2, 0) is 6.54 Å². The highest BCUT2D eigenvalue weighted by molar-refractivity contribution is 5.33. The van der Waals surface area contributed by atoms with Crippen LogP contribution in [0.25, 0.3) is 0 Å². The molecule has 0 amide bonds. The molecule has 1 fully saturated rings. The van der Waals surface area contributed by atoms with Gasteiger partial charge < -0.3 is 19.7 Å². The number of aliphatic hydroxyl groups is 2. The largest absolute Gasteiger partial charge is 0.491 e. The molecule has 2 N–H and O–H groups in total. The summed E-state index contributed by atoms with van der Waals surface area (Å²) in [6.07, 6.45) is -0.716. The first kappa shape index (κ1) is 18.7. The molecule has 2 aromatic rings. The predicted molar refractivity (Wildman–Crippen MR) is 101 cm³/mol. The van der Waals surface area contributed by atoms with Crippen LogP contribution in [0.3, 0.4) is 0 Å². The predicted octanol–water partition coefficient (Wildman–Crippen LogP) is 2.30. The van der Waals surface area contributed by atoms with E-state index < -0.39 is 6.10 Å². The van der Waals surface area contributed by atoms with Crippen molar-refractivity contribution < 1.29 is 19.7 Å². The van der Waals surface area contributed by atoms with E-state index in [0.717, 1.165) is 34.7 Å². The quantitative estimate of drug-likeness (QED) is 0.796. The Labute approximate surface area is 154 Å². The van der Waals surface area contributed by atoms with Crippen molar-refractivity contribution in [1.29, 1.82) is 0 Å². The van der Waals surface area contributed by atoms with Gasteiger partial charge in [0.15, 0.2) is 0 Å². The van der Waals surface area contributed by atoms with Crippen molar-refractivity contribution in [3.05, 3.63) is 59.2 Å². The maximum absolute atomic E-state index is 10.4. The number of ether oxygens (including phenoxy) is 2. The number of nitrogens with zero attached hydrogens (tertiary/aromatic N) is 1. The van der Waals surface area contributed by atoms with Gasteiger partial charge in [0.25, 0.3) is 0 Å². The number of hydrogen-bond donors (Lipinski definition) is 2. The fourth-order valence-electron chi connectivity index (χ4n) is 3.37. The zero-order valence-electron chi connectivity index (χ0n) is 15.4. The van der Waals surface area contributed by atoms with Gasteiger partial charge in [-0.1, -0.05) is 18.2 Å². The molecule has 0 bridgehead atoms. The van der Waals surface area contributed by atoms with Gasteiger partial charge in [-0.3, -0.25) is 4.90 Å². The second-order valence-corrected chi connectivity index (χ2v) is 6.96. The fraction of sp³-hybridized carbons (Fsp3) is 0.429. The van der Waals surface area contributed by atoms with Crippen LogP contribution in [0.15, 0.2) is 42.5 Å². The molecule has 140 valence electrons. The lowest BCUT2D eigenvalue weighted by molar-refractivity contribution is 0.0736. The summed E-state index contributed by atoms with van der Waals surface area (Å²) >= 11 is 0. The van der Waals surface area contributed by atoms with Gasteiger partial charge in [-0.05, 0) is 54.8 Å². The van der Waals surface area contributed by atoms with Gasteiger partial charge in [-0.15, -0.1) is 0 Å². The van der Waals surface area contributed by atoms with E-state index in [2.05, 4.69) is 11.0 Å². The minimum Gasteiger partial charge on any atom is -0.491 e. The average molecular weight is 357 g/mol. The molecule has 0 unspecified atom stereocenters. The maximum atomic E-state index is 10.4. The summed E-state index contributed by atoms with van der Waals surface area (Å²) in [6.45, 7) is 6.44. The fourth-order valence-corrected chi connectivity index (χ4v) is 3.37. The first-order chi connectivity index (χ1) is 12.5. The van der Waals surface area contributed by atoms with E-state index in [0.29, 0.717) is 19.7 Å². The molecule has 3 rings (SSSR count). The van der Waals surface area contributed by atoms with Crippen LogP contribution in [0.5, 0.6) is 11.5 Å². The van der Waals surface area contributed by atoms with Gasteiger partial charge in [0, 0.05) is 19.6 Å². The Bertz CT molecular complexity index is 696. The molecule has 1 aliphatic rings. The Hall–Kier alpha value is -2.08. The summed E-state index contributed by atoms with van der Waals surface area (Å²) in [5, 5.41) is 19.2. The van der Waals surface area contributed by atoms with Crippen molar-refractivity contribution in [3.63, 3.8) is 0 Å². The Kier molecular flexibility index (Phi) is 6.14. The molecule has 1 saturated heterocycles. The van der Waals surface area contributed by atoms with E-state index in [1.807, 2.05) is 50.2 Å². The number of aliphatic hydroxyl groups excluding tert-OH is 2. The summed E-state index contributed by atoms with van der Waals surface area (Å²) in [6, 6.07) is 14.0. The molecule has 0 aliphatic carbocycles. The highest BCUT2D eigenvalue weighted by Crippen LogP contribution is 2.23. The Morgan fingerprint density at radius 2 is 1.69 bits per heavy atom. The first-order valence-electron chi connectivity index (χ1n) is 9.01. The molecule has 26 heavy (non-hydrogen) atoms. The number of benzene rings is 2. The topological polar surface area (TPSA) is 62.2 Å². The molecular weight excluding hydrogens is 330 g/mol. The van der Waals surface area contributed by atoms with E-state index in [1.54, 1.807) is 0 Å².